The first-order valence-electron chi connectivity index (χ1n) is 4.83. The van der Waals surface area contributed by atoms with Crippen molar-refractivity contribution in [1.82, 2.24) is 10.3 Å². The van der Waals surface area contributed by atoms with E-state index in [2.05, 4.69) is 10.3 Å². The number of carbonyl (C=O) groups excluding carboxylic acids is 1. The van der Waals surface area contributed by atoms with Gasteiger partial charge < -0.3 is 11.1 Å². The highest BCUT2D eigenvalue weighted by Gasteiger charge is 2.20. The summed E-state index contributed by atoms with van der Waals surface area (Å²) in [5, 5.41) is 3.30. The molecule has 0 saturated heterocycles. The molecular formula is C10H17N3OS. The maximum Gasteiger partial charge on any atom is 0.219 e. The van der Waals surface area contributed by atoms with Crippen LogP contribution < -0.4 is 11.1 Å². The minimum atomic E-state index is -0.284. The van der Waals surface area contributed by atoms with Gasteiger partial charge in [-0.1, -0.05) is 0 Å². The van der Waals surface area contributed by atoms with Crippen LogP contribution in [0, 0.1) is 6.92 Å². The predicted molar refractivity (Wildman–Crippen MR) is 61.6 cm³/mol. The molecule has 15 heavy (non-hydrogen) atoms. The molecule has 0 aliphatic heterocycles. The monoisotopic (exact) mass is 227 g/mol. The third-order valence-electron chi connectivity index (χ3n) is 2.19. The Kier molecular flexibility index (Phi) is 3.82. The zero-order valence-electron chi connectivity index (χ0n) is 9.33. The minimum absolute atomic E-state index is 0.262. The number of aryl methyl sites for hydroxylation is 1. The van der Waals surface area contributed by atoms with Crippen LogP contribution in [0.5, 0.6) is 0 Å². The first kappa shape index (κ1) is 12.1. The number of aromatic nitrogens is 1. The minimum Gasteiger partial charge on any atom is -0.370 e. The fourth-order valence-electron chi connectivity index (χ4n) is 1.31. The van der Waals surface area contributed by atoms with Gasteiger partial charge in [0.05, 0.1) is 11.2 Å². The highest BCUT2D eigenvalue weighted by atomic mass is 32.1. The molecule has 4 nitrogen and oxygen atoms in total. The second-order valence-electron chi connectivity index (χ2n) is 4.24. The lowest BCUT2D eigenvalue weighted by Crippen LogP contribution is -2.42. The number of nitrogens with one attached hydrogen (secondary N) is 1. The van der Waals surface area contributed by atoms with Gasteiger partial charge in [-0.25, -0.2) is 4.98 Å². The Bertz CT molecular complexity index is 346. The van der Waals surface area contributed by atoms with Crippen LogP contribution in [0.1, 0.15) is 30.8 Å². The van der Waals surface area contributed by atoms with Crippen LogP contribution in [0.4, 0.5) is 0 Å². The fraction of sp³-hybridized carbons (Fsp3) is 0.600. The first-order chi connectivity index (χ1) is 6.91. The number of primary amides is 1. The summed E-state index contributed by atoms with van der Waals surface area (Å²) in [6.07, 6.45) is 0.338. The lowest BCUT2D eigenvalue weighted by molar-refractivity contribution is -0.119. The largest absolute Gasteiger partial charge is 0.370 e. The molecule has 1 aromatic rings. The van der Waals surface area contributed by atoms with Crippen molar-refractivity contribution in [1.29, 1.82) is 0 Å². The quantitative estimate of drug-likeness (QED) is 0.794. The summed E-state index contributed by atoms with van der Waals surface area (Å²) < 4.78 is 0. The third kappa shape index (κ3) is 3.97. The summed E-state index contributed by atoms with van der Waals surface area (Å²) in [6.45, 7) is 6.65. The molecule has 0 unspecified atom stereocenters. The van der Waals surface area contributed by atoms with E-state index in [1.54, 1.807) is 11.3 Å². The Balaban J connectivity index is 2.49. The molecule has 0 radical (unpaired) electrons. The number of thiazole rings is 1. The maximum atomic E-state index is 10.8. The molecule has 1 rings (SSSR count). The topological polar surface area (TPSA) is 68.0 Å². The third-order valence-corrected chi connectivity index (χ3v) is 3.12. The van der Waals surface area contributed by atoms with Crippen molar-refractivity contribution in [3.63, 3.8) is 0 Å². The van der Waals surface area contributed by atoms with E-state index in [0.29, 0.717) is 6.42 Å². The maximum absolute atomic E-state index is 10.8. The van der Waals surface area contributed by atoms with Gasteiger partial charge in [-0.3, -0.25) is 4.79 Å². The normalized spacial score (nSPS) is 11.7. The Morgan fingerprint density at radius 2 is 2.33 bits per heavy atom. The number of rotatable bonds is 5. The van der Waals surface area contributed by atoms with Crippen molar-refractivity contribution in [2.24, 2.45) is 5.73 Å². The molecule has 0 atom stereocenters. The van der Waals surface area contributed by atoms with E-state index >= 15 is 0 Å². The van der Waals surface area contributed by atoms with Crippen molar-refractivity contribution in [3.05, 3.63) is 16.1 Å². The summed E-state index contributed by atoms with van der Waals surface area (Å²) in [6, 6.07) is 0. The van der Waals surface area contributed by atoms with Crippen molar-refractivity contribution in [3.8, 4) is 0 Å². The van der Waals surface area contributed by atoms with Gasteiger partial charge in [-0.15, -0.1) is 11.3 Å². The van der Waals surface area contributed by atoms with Crippen molar-refractivity contribution < 1.29 is 4.79 Å². The summed E-state index contributed by atoms with van der Waals surface area (Å²) in [5.74, 6) is -0.284. The van der Waals surface area contributed by atoms with Crippen molar-refractivity contribution in [2.75, 3.05) is 0 Å². The van der Waals surface area contributed by atoms with Crippen LogP contribution in [0.15, 0.2) is 5.51 Å². The van der Waals surface area contributed by atoms with Gasteiger partial charge in [0.1, 0.15) is 0 Å². The van der Waals surface area contributed by atoms with E-state index in [1.807, 2.05) is 26.3 Å². The summed E-state index contributed by atoms with van der Waals surface area (Å²) in [7, 11) is 0. The van der Waals surface area contributed by atoms with Gasteiger partial charge >= 0.3 is 0 Å². The Morgan fingerprint density at radius 1 is 1.67 bits per heavy atom. The summed E-state index contributed by atoms with van der Waals surface area (Å²) in [5.41, 5.74) is 7.78. The predicted octanol–water partition coefficient (Wildman–Crippen LogP) is 1.20. The standard InChI is InChI=1S/C10H17N3OS/c1-7-8(15-6-12-7)5-13-10(2,3)4-9(11)14/h6,13H,4-5H2,1-3H3,(H2,11,14). The zero-order chi connectivity index (χ0) is 11.5. The van der Waals surface area contributed by atoms with Crippen LogP contribution in [0.2, 0.25) is 0 Å². The highest BCUT2D eigenvalue weighted by Crippen LogP contribution is 2.14. The molecule has 1 amide bonds. The molecule has 1 aromatic heterocycles. The molecule has 0 aliphatic carbocycles. The van der Waals surface area contributed by atoms with Crippen molar-refractivity contribution >= 4 is 17.2 Å². The number of amides is 1. The second kappa shape index (κ2) is 4.72. The van der Waals surface area contributed by atoms with E-state index in [1.165, 1.54) is 4.88 Å². The van der Waals surface area contributed by atoms with E-state index in [0.717, 1.165) is 12.2 Å². The average molecular weight is 227 g/mol. The Morgan fingerprint density at radius 3 is 2.80 bits per heavy atom. The Hall–Kier alpha value is -0.940. The highest BCUT2D eigenvalue weighted by molar-refractivity contribution is 7.09. The van der Waals surface area contributed by atoms with Crippen LogP contribution in [-0.2, 0) is 11.3 Å². The molecule has 0 aliphatic rings. The first-order valence-corrected chi connectivity index (χ1v) is 5.71. The molecular weight excluding hydrogens is 210 g/mol. The van der Waals surface area contributed by atoms with E-state index < -0.39 is 0 Å². The lowest BCUT2D eigenvalue weighted by Gasteiger charge is -2.24. The summed E-state index contributed by atoms with van der Waals surface area (Å²) in [4.78, 5) is 16.2. The van der Waals surface area contributed by atoms with Gasteiger partial charge in [0.25, 0.3) is 0 Å². The molecule has 5 heteroatoms. The summed E-state index contributed by atoms with van der Waals surface area (Å²) >= 11 is 1.62. The number of carbonyl (C=O) groups is 1. The number of hydrogen-bond acceptors (Lipinski definition) is 4. The molecule has 0 fully saturated rings. The number of hydrogen-bond donors (Lipinski definition) is 2. The van der Waals surface area contributed by atoms with Crippen LogP contribution in [0.3, 0.4) is 0 Å². The molecule has 0 saturated carbocycles. The van der Waals surface area contributed by atoms with Crippen molar-refractivity contribution in [2.45, 2.75) is 39.3 Å². The van der Waals surface area contributed by atoms with Gasteiger partial charge in [0.15, 0.2) is 0 Å². The van der Waals surface area contributed by atoms with Gasteiger partial charge in [-0.2, -0.15) is 0 Å². The molecule has 0 spiro atoms. The van der Waals surface area contributed by atoms with Crippen LogP contribution >= 0.6 is 11.3 Å². The Labute approximate surface area is 93.9 Å². The molecule has 1 heterocycles. The fourth-order valence-corrected chi connectivity index (χ4v) is 2.03. The smallest absolute Gasteiger partial charge is 0.219 e. The molecule has 3 N–H and O–H groups in total. The van der Waals surface area contributed by atoms with E-state index in [9.17, 15) is 4.79 Å². The second-order valence-corrected chi connectivity index (χ2v) is 5.18. The molecule has 0 bridgehead atoms. The average Bonchev–Trinajstić information content (AvgIpc) is 2.45. The van der Waals surface area contributed by atoms with E-state index in [4.69, 9.17) is 5.73 Å². The van der Waals surface area contributed by atoms with Crippen LogP contribution in [-0.4, -0.2) is 16.4 Å². The van der Waals surface area contributed by atoms with E-state index in [-0.39, 0.29) is 11.4 Å². The van der Waals surface area contributed by atoms with Gasteiger partial charge in [0, 0.05) is 23.4 Å². The SMILES string of the molecule is Cc1ncsc1CNC(C)(C)CC(N)=O. The van der Waals surface area contributed by atoms with Crippen LogP contribution in [0.25, 0.3) is 0 Å². The number of nitrogens with zero attached hydrogens (tertiary/aromatic N) is 1. The van der Waals surface area contributed by atoms with Gasteiger partial charge in [-0.05, 0) is 20.8 Å². The molecule has 0 aromatic carbocycles. The zero-order valence-corrected chi connectivity index (χ0v) is 10.1. The number of nitrogens with two attached hydrogens (primary N) is 1. The molecule has 84 valence electrons. The van der Waals surface area contributed by atoms with Gasteiger partial charge in [0.2, 0.25) is 5.91 Å². The lowest BCUT2D eigenvalue weighted by atomic mass is 10.0.